The Morgan fingerprint density at radius 1 is 1.04 bits per heavy atom. The lowest BCUT2D eigenvalue weighted by molar-refractivity contribution is -0.0498. The average molecular weight is 362 g/mol. The number of halogens is 3. The minimum Gasteiger partial charge on any atom is -0.435 e. The Labute approximate surface area is 148 Å². The SMILES string of the molecule is CC(F)(c1cccc(C(=O)C(=O)c2ccc(OC(F)F)cc2)c1)C1CC1. The number of benzene rings is 2. The van der Waals surface area contributed by atoms with E-state index >= 15 is 0 Å². The van der Waals surface area contributed by atoms with E-state index in [0.717, 1.165) is 12.8 Å². The van der Waals surface area contributed by atoms with Gasteiger partial charge in [0, 0.05) is 11.1 Å². The Kier molecular flexibility index (Phi) is 4.85. The average Bonchev–Trinajstić information content (AvgIpc) is 3.46. The number of alkyl halides is 3. The maximum absolute atomic E-state index is 14.9. The molecule has 1 fully saturated rings. The van der Waals surface area contributed by atoms with Crippen molar-refractivity contribution in [3.63, 3.8) is 0 Å². The van der Waals surface area contributed by atoms with E-state index in [1.807, 2.05) is 0 Å². The fraction of sp³-hybridized carbons (Fsp3) is 0.300. The van der Waals surface area contributed by atoms with Crippen LogP contribution in [0.25, 0.3) is 0 Å². The summed E-state index contributed by atoms with van der Waals surface area (Å²) in [6, 6.07) is 10.9. The van der Waals surface area contributed by atoms with E-state index in [1.165, 1.54) is 43.3 Å². The Morgan fingerprint density at radius 3 is 2.23 bits per heavy atom. The molecule has 1 aliphatic rings. The lowest BCUT2D eigenvalue weighted by atomic mass is 9.90. The van der Waals surface area contributed by atoms with Crippen LogP contribution < -0.4 is 4.74 Å². The second-order valence-corrected chi connectivity index (χ2v) is 6.49. The Bertz CT molecular complexity index is 824. The van der Waals surface area contributed by atoms with Crippen LogP contribution in [0, 0.1) is 5.92 Å². The molecule has 2 aromatic carbocycles. The molecular weight excluding hydrogens is 345 g/mol. The molecule has 1 saturated carbocycles. The van der Waals surface area contributed by atoms with E-state index < -0.39 is 23.8 Å². The first kappa shape index (κ1) is 18.2. The molecule has 0 aliphatic heterocycles. The van der Waals surface area contributed by atoms with E-state index in [-0.39, 0.29) is 22.8 Å². The second kappa shape index (κ2) is 6.94. The molecule has 1 unspecified atom stereocenters. The third-order valence-electron chi connectivity index (χ3n) is 4.58. The smallest absolute Gasteiger partial charge is 0.387 e. The van der Waals surface area contributed by atoms with Crippen LogP contribution in [-0.4, -0.2) is 18.2 Å². The van der Waals surface area contributed by atoms with Crippen molar-refractivity contribution >= 4 is 11.6 Å². The zero-order chi connectivity index (χ0) is 18.9. The van der Waals surface area contributed by atoms with Gasteiger partial charge >= 0.3 is 6.61 Å². The summed E-state index contributed by atoms with van der Waals surface area (Å²) in [5.41, 5.74) is -1.01. The van der Waals surface area contributed by atoms with Gasteiger partial charge in [0.05, 0.1) is 0 Å². The number of carbonyl (C=O) groups excluding carboxylic acids is 2. The third kappa shape index (κ3) is 3.79. The molecule has 1 atom stereocenters. The van der Waals surface area contributed by atoms with E-state index in [2.05, 4.69) is 4.74 Å². The highest BCUT2D eigenvalue weighted by atomic mass is 19.3. The third-order valence-corrected chi connectivity index (χ3v) is 4.58. The summed E-state index contributed by atoms with van der Waals surface area (Å²) in [4.78, 5) is 24.8. The highest BCUT2D eigenvalue weighted by Gasteiger charge is 2.43. The summed E-state index contributed by atoms with van der Waals surface area (Å²) < 4.78 is 43.4. The van der Waals surface area contributed by atoms with Crippen molar-refractivity contribution in [1.29, 1.82) is 0 Å². The Balaban J connectivity index is 1.79. The van der Waals surface area contributed by atoms with Crippen molar-refractivity contribution in [1.82, 2.24) is 0 Å². The summed E-state index contributed by atoms with van der Waals surface area (Å²) in [6.07, 6.45) is 1.61. The topological polar surface area (TPSA) is 43.4 Å². The summed E-state index contributed by atoms with van der Waals surface area (Å²) >= 11 is 0. The zero-order valence-corrected chi connectivity index (χ0v) is 14.0. The number of hydrogen-bond donors (Lipinski definition) is 0. The molecule has 0 heterocycles. The highest BCUT2D eigenvalue weighted by Crippen LogP contribution is 2.48. The number of rotatable bonds is 7. The summed E-state index contributed by atoms with van der Waals surface area (Å²) in [7, 11) is 0. The molecule has 0 radical (unpaired) electrons. The molecular formula is C20H17F3O3. The Morgan fingerprint density at radius 2 is 1.65 bits per heavy atom. The maximum Gasteiger partial charge on any atom is 0.387 e. The van der Waals surface area contributed by atoms with E-state index in [4.69, 9.17) is 0 Å². The molecule has 26 heavy (non-hydrogen) atoms. The first-order chi connectivity index (χ1) is 12.3. The van der Waals surface area contributed by atoms with Gasteiger partial charge in [0.15, 0.2) is 0 Å². The van der Waals surface area contributed by atoms with Crippen molar-refractivity contribution in [2.24, 2.45) is 5.92 Å². The van der Waals surface area contributed by atoms with Gasteiger partial charge in [0.2, 0.25) is 11.6 Å². The van der Waals surface area contributed by atoms with Gasteiger partial charge in [-0.3, -0.25) is 9.59 Å². The van der Waals surface area contributed by atoms with Gasteiger partial charge in [0.25, 0.3) is 0 Å². The molecule has 0 saturated heterocycles. The molecule has 0 spiro atoms. The standard InChI is InChI=1S/C20H17F3O3/c1-20(23,14-7-8-14)15-4-2-3-13(11-15)18(25)17(24)12-5-9-16(10-6-12)26-19(21)22/h2-6,9-11,14,19H,7-8H2,1H3. The highest BCUT2D eigenvalue weighted by molar-refractivity contribution is 6.49. The van der Waals surface area contributed by atoms with Gasteiger partial charge in [-0.05, 0) is 61.6 Å². The zero-order valence-electron chi connectivity index (χ0n) is 14.0. The second-order valence-electron chi connectivity index (χ2n) is 6.49. The molecule has 136 valence electrons. The van der Waals surface area contributed by atoms with Crippen molar-refractivity contribution in [2.75, 3.05) is 0 Å². The normalized spacial score (nSPS) is 16.2. The van der Waals surface area contributed by atoms with Gasteiger partial charge < -0.3 is 4.74 Å². The molecule has 1 aliphatic carbocycles. The predicted octanol–water partition coefficient (Wildman–Crippen LogP) is 4.95. The van der Waals surface area contributed by atoms with Gasteiger partial charge in [0.1, 0.15) is 11.4 Å². The van der Waals surface area contributed by atoms with E-state index in [0.29, 0.717) is 5.56 Å². The summed E-state index contributed by atoms with van der Waals surface area (Å²) in [6.45, 7) is -1.49. The Hall–Kier alpha value is -2.63. The first-order valence-corrected chi connectivity index (χ1v) is 8.22. The molecule has 2 aromatic rings. The van der Waals surface area contributed by atoms with Crippen LogP contribution in [0.3, 0.4) is 0 Å². The van der Waals surface area contributed by atoms with Crippen LogP contribution in [0.2, 0.25) is 0 Å². The largest absolute Gasteiger partial charge is 0.435 e. The molecule has 0 bridgehead atoms. The van der Waals surface area contributed by atoms with Crippen molar-refractivity contribution in [3.05, 3.63) is 65.2 Å². The van der Waals surface area contributed by atoms with Crippen LogP contribution in [-0.2, 0) is 5.67 Å². The monoisotopic (exact) mass is 362 g/mol. The fourth-order valence-electron chi connectivity index (χ4n) is 2.88. The lowest BCUT2D eigenvalue weighted by Gasteiger charge is -2.20. The van der Waals surface area contributed by atoms with Crippen LogP contribution in [0.15, 0.2) is 48.5 Å². The molecule has 0 aromatic heterocycles. The molecule has 3 rings (SSSR count). The number of hydrogen-bond acceptors (Lipinski definition) is 3. The minimum atomic E-state index is -2.97. The fourth-order valence-corrected chi connectivity index (χ4v) is 2.88. The number of ketones is 2. The van der Waals surface area contributed by atoms with E-state index in [1.54, 1.807) is 12.1 Å². The van der Waals surface area contributed by atoms with Crippen LogP contribution in [0.1, 0.15) is 46.0 Å². The predicted molar refractivity (Wildman–Crippen MR) is 89.4 cm³/mol. The molecule has 0 N–H and O–H groups in total. The lowest BCUT2D eigenvalue weighted by Crippen LogP contribution is -2.20. The molecule has 3 nitrogen and oxygen atoms in total. The summed E-state index contributed by atoms with van der Waals surface area (Å²) in [5, 5.41) is 0. The molecule has 0 amide bonds. The van der Waals surface area contributed by atoms with Crippen molar-refractivity contribution in [2.45, 2.75) is 32.0 Å². The number of ether oxygens (including phenoxy) is 1. The minimum absolute atomic E-state index is 0.0484. The van der Waals surface area contributed by atoms with E-state index in [9.17, 15) is 22.8 Å². The van der Waals surface area contributed by atoms with Crippen LogP contribution in [0.5, 0.6) is 5.75 Å². The molecule has 6 heteroatoms. The van der Waals surface area contributed by atoms with Crippen molar-refractivity contribution < 1.29 is 27.5 Å². The van der Waals surface area contributed by atoms with Gasteiger partial charge in [-0.1, -0.05) is 18.2 Å². The number of Topliss-reactive ketones (excluding diaryl/α,β-unsaturated/α-hetero) is 2. The van der Waals surface area contributed by atoms with Crippen LogP contribution in [0.4, 0.5) is 13.2 Å². The van der Waals surface area contributed by atoms with Gasteiger partial charge in [-0.2, -0.15) is 8.78 Å². The van der Waals surface area contributed by atoms with Gasteiger partial charge in [-0.25, -0.2) is 4.39 Å². The quantitative estimate of drug-likeness (QED) is 0.517. The first-order valence-electron chi connectivity index (χ1n) is 8.22. The van der Waals surface area contributed by atoms with Gasteiger partial charge in [-0.15, -0.1) is 0 Å². The summed E-state index contributed by atoms with van der Waals surface area (Å²) in [5.74, 6) is -1.74. The van der Waals surface area contributed by atoms with Crippen LogP contribution >= 0.6 is 0 Å². The van der Waals surface area contributed by atoms with Crippen molar-refractivity contribution in [3.8, 4) is 5.75 Å². The number of carbonyl (C=O) groups is 2. The maximum atomic E-state index is 14.9.